The molecule has 0 unspecified atom stereocenters. The van der Waals surface area contributed by atoms with Gasteiger partial charge in [0.05, 0.1) is 0 Å². The summed E-state index contributed by atoms with van der Waals surface area (Å²) in [5.74, 6) is -1.89. The van der Waals surface area contributed by atoms with Gasteiger partial charge in [-0.25, -0.2) is 0 Å². The van der Waals surface area contributed by atoms with Gasteiger partial charge in [0.1, 0.15) is 12.1 Å². The summed E-state index contributed by atoms with van der Waals surface area (Å²) in [6, 6.07) is 7.86. The molecule has 0 spiro atoms. The fourth-order valence-electron chi connectivity index (χ4n) is 1.13. The number of benzene rings is 1. The Morgan fingerprint density at radius 1 is 1.05 bits per heavy atom. The van der Waals surface area contributed by atoms with Crippen LogP contribution in [0.3, 0.4) is 0 Å². The maximum Gasteiger partial charge on any atom is 0.320 e. The molecule has 6 heteroatoms. The van der Waals surface area contributed by atoms with Crippen molar-refractivity contribution in [3.8, 4) is 0 Å². The fraction of sp³-hybridized carbons (Fsp3) is 0.385. The smallest absolute Gasteiger partial charge is 0.320 e. The molecule has 0 aliphatic heterocycles. The minimum Gasteiger partial charge on any atom is -0.480 e. The summed E-state index contributed by atoms with van der Waals surface area (Å²) in [6.45, 7) is 1.73. The van der Waals surface area contributed by atoms with E-state index in [0.29, 0.717) is 12.8 Å². The van der Waals surface area contributed by atoms with Crippen LogP contribution in [0.1, 0.15) is 18.9 Å². The number of carbonyl (C=O) groups is 2. The van der Waals surface area contributed by atoms with Crippen LogP contribution in [0.25, 0.3) is 0 Å². The third-order valence-electron chi connectivity index (χ3n) is 2.37. The highest BCUT2D eigenvalue weighted by atomic mass is 16.4. The van der Waals surface area contributed by atoms with Crippen LogP contribution in [-0.2, 0) is 16.0 Å². The Morgan fingerprint density at radius 2 is 1.53 bits per heavy atom. The zero-order valence-electron chi connectivity index (χ0n) is 10.8. The third-order valence-corrected chi connectivity index (χ3v) is 2.37. The monoisotopic (exact) mass is 268 g/mol. The zero-order valence-corrected chi connectivity index (χ0v) is 10.8. The van der Waals surface area contributed by atoms with Gasteiger partial charge in [0.15, 0.2) is 0 Å². The molecule has 1 rings (SSSR count). The van der Waals surface area contributed by atoms with Crippen molar-refractivity contribution in [2.75, 3.05) is 0 Å². The van der Waals surface area contributed by atoms with Gasteiger partial charge in [-0.15, -0.1) is 0 Å². The molecule has 6 N–H and O–H groups in total. The van der Waals surface area contributed by atoms with E-state index in [9.17, 15) is 9.59 Å². The van der Waals surface area contributed by atoms with E-state index in [1.165, 1.54) is 0 Å². The van der Waals surface area contributed by atoms with Crippen LogP contribution >= 0.6 is 0 Å². The molecule has 0 heterocycles. The topological polar surface area (TPSA) is 127 Å². The lowest BCUT2D eigenvalue weighted by Crippen LogP contribution is -2.32. The second-order valence-corrected chi connectivity index (χ2v) is 3.99. The predicted molar refractivity (Wildman–Crippen MR) is 71.7 cm³/mol. The second kappa shape index (κ2) is 9.07. The average Bonchev–Trinajstić information content (AvgIpc) is 2.39. The molecule has 6 nitrogen and oxygen atoms in total. The molecule has 106 valence electrons. The molecule has 0 saturated heterocycles. The van der Waals surface area contributed by atoms with Gasteiger partial charge in [-0.1, -0.05) is 37.3 Å². The van der Waals surface area contributed by atoms with E-state index >= 15 is 0 Å². The molecule has 0 fully saturated rings. The molecular weight excluding hydrogens is 248 g/mol. The standard InChI is InChI=1S/C9H11NO2.C4H9NO2/c10-8(9(11)12)6-7-4-2-1-3-5-7;1-2-3(5)4(6)7/h1-5,8H,6,10H2,(H,11,12);3H,2,5H2,1H3,(H,6,7)/t8-;3-/m00/s1. The Kier molecular flexibility index (Phi) is 8.15. The molecular formula is C13H20N2O4. The lowest BCUT2D eigenvalue weighted by molar-refractivity contribution is -0.139. The van der Waals surface area contributed by atoms with Crippen molar-refractivity contribution in [3.05, 3.63) is 35.9 Å². The van der Waals surface area contributed by atoms with Gasteiger partial charge in [-0.3, -0.25) is 9.59 Å². The Morgan fingerprint density at radius 3 is 1.84 bits per heavy atom. The molecule has 1 aromatic rings. The number of aliphatic carboxylic acids is 2. The Labute approximate surface area is 112 Å². The Balaban J connectivity index is 0.000000399. The number of carboxylic acids is 2. The number of carboxylic acid groups (broad SMARTS) is 2. The van der Waals surface area contributed by atoms with Crippen LogP contribution in [0, 0.1) is 0 Å². The molecule has 19 heavy (non-hydrogen) atoms. The normalized spacial score (nSPS) is 12.8. The molecule has 2 atom stereocenters. The van der Waals surface area contributed by atoms with Crippen molar-refractivity contribution < 1.29 is 19.8 Å². The molecule has 0 bridgehead atoms. The number of nitrogens with two attached hydrogens (primary N) is 2. The molecule has 1 aromatic carbocycles. The van der Waals surface area contributed by atoms with Crippen LogP contribution in [0.2, 0.25) is 0 Å². The van der Waals surface area contributed by atoms with Gasteiger partial charge in [0.25, 0.3) is 0 Å². The van der Waals surface area contributed by atoms with E-state index in [0.717, 1.165) is 5.56 Å². The first-order valence-corrected chi connectivity index (χ1v) is 5.89. The van der Waals surface area contributed by atoms with Crippen LogP contribution in [0.4, 0.5) is 0 Å². The van der Waals surface area contributed by atoms with Crippen LogP contribution in [0.5, 0.6) is 0 Å². The highest BCUT2D eigenvalue weighted by Gasteiger charge is 2.10. The average molecular weight is 268 g/mol. The van der Waals surface area contributed by atoms with Crippen LogP contribution in [-0.4, -0.2) is 34.2 Å². The second-order valence-electron chi connectivity index (χ2n) is 3.99. The van der Waals surface area contributed by atoms with Gasteiger partial charge in [-0.05, 0) is 18.4 Å². The minimum absolute atomic E-state index is 0.385. The first-order valence-electron chi connectivity index (χ1n) is 5.89. The van der Waals surface area contributed by atoms with E-state index < -0.39 is 24.0 Å². The SMILES string of the molecule is CC[C@H](N)C(=O)O.N[C@@H](Cc1ccccc1)C(=O)O. The summed E-state index contributed by atoms with van der Waals surface area (Å²) in [6.07, 6.45) is 0.880. The summed E-state index contributed by atoms with van der Waals surface area (Å²) >= 11 is 0. The van der Waals surface area contributed by atoms with E-state index in [1.54, 1.807) is 6.92 Å². The van der Waals surface area contributed by atoms with Gasteiger partial charge < -0.3 is 21.7 Å². The molecule has 0 saturated carbocycles. The highest BCUT2D eigenvalue weighted by molar-refractivity contribution is 5.73. The molecule has 0 aliphatic rings. The van der Waals surface area contributed by atoms with Crippen molar-refractivity contribution >= 4 is 11.9 Å². The maximum atomic E-state index is 10.4. The van der Waals surface area contributed by atoms with Crippen molar-refractivity contribution in [1.29, 1.82) is 0 Å². The summed E-state index contributed by atoms with van der Waals surface area (Å²) in [4.78, 5) is 20.2. The van der Waals surface area contributed by atoms with E-state index in [1.807, 2.05) is 30.3 Å². The van der Waals surface area contributed by atoms with Crippen molar-refractivity contribution in [3.63, 3.8) is 0 Å². The quantitative estimate of drug-likeness (QED) is 0.614. The largest absolute Gasteiger partial charge is 0.480 e. The first kappa shape index (κ1) is 17.1. The van der Waals surface area contributed by atoms with Gasteiger partial charge in [0.2, 0.25) is 0 Å². The lowest BCUT2D eigenvalue weighted by Gasteiger charge is -2.04. The van der Waals surface area contributed by atoms with Crippen molar-refractivity contribution in [2.45, 2.75) is 31.8 Å². The van der Waals surface area contributed by atoms with E-state index in [-0.39, 0.29) is 0 Å². The van der Waals surface area contributed by atoms with Gasteiger partial charge in [-0.2, -0.15) is 0 Å². The summed E-state index contributed by atoms with van der Waals surface area (Å²) in [5.41, 5.74) is 11.3. The zero-order chi connectivity index (χ0) is 14.8. The minimum atomic E-state index is -0.959. The van der Waals surface area contributed by atoms with Gasteiger partial charge >= 0.3 is 11.9 Å². The molecule has 0 radical (unpaired) electrons. The first-order chi connectivity index (χ1) is 8.88. The number of hydrogen-bond donors (Lipinski definition) is 4. The predicted octanol–water partition coefficient (Wildman–Crippen LogP) is 0.449. The van der Waals surface area contributed by atoms with Crippen LogP contribution < -0.4 is 11.5 Å². The van der Waals surface area contributed by atoms with Crippen LogP contribution in [0.15, 0.2) is 30.3 Å². The summed E-state index contributed by atoms with van der Waals surface area (Å²) < 4.78 is 0. The summed E-state index contributed by atoms with van der Waals surface area (Å²) in [7, 11) is 0. The van der Waals surface area contributed by atoms with Gasteiger partial charge in [0, 0.05) is 0 Å². The molecule has 0 amide bonds. The van der Waals surface area contributed by atoms with E-state index in [2.05, 4.69) is 0 Å². The fourth-order valence-corrected chi connectivity index (χ4v) is 1.13. The lowest BCUT2D eigenvalue weighted by atomic mass is 10.1. The maximum absolute atomic E-state index is 10.4. The summed E-state index contributed by atoms with van der Waals surface area (Å²) in [5, 5.41) is 16.6. The van der Waals surface area contributed by atoms with E-state index in [4.69, 9.17) is 21.7 Å². The molecule has 0 aliphatic carbocycles. The Hall–Kier alpha value is -1.92. The van der Waals surface area contributed by atoms with Crippen molar-refractivity contribution in [2.24, 2.45) is 11.5 Å². The molecule has 0 aromatic heterocycles. The van der Waals surface area contributed by atoms with Crippen molar-refractivity contribution in [1.82, 2.24) is 0 Å². The number of rotatable bonds is 5. The highest BCUT2D eigenvalue weighted by Crippen LogP contribution is 2.01. The Bertz CT molecular complexity index is 395. The number of hydrogen-bond acceptors (Lipinski definition) is 4. The third kappa shape index (κ3) is 7.91.